The first-order valence-corrected chi connectivity index (χ1v) is 8.58. The largest absolute Gasteiger partial charge is 0.502 e. The van der Waals surface area contributed by atoms with Crippen LogP contribution in [0.4, 0.5) is 5.88 Å². The second-order valence-corrected chi connectivity index (χ2v) is 6.11. The molecule has 0 saturated carbocycles. The lowest BCUT2D eigenvalue weighted by Crippen LogP contribution is -2.12. The number of amides is 1. The molecule has 0 fully saturated rings. The van der Waals surface area contributed by atoms with E-state index in [9.17, 15) is 14.7 Å². The molecule has 24 heavy (non-hydrogen) atoms. The molecule has 0 unspecified atom stereocenters. The maximum atomic E-state index is 11.9. The molecule has 0 saturated heterocycles. The third kappa shape index (κ3) is 4.52. The Balaban J connectivity index is 2.40. The van der Waals surface area contributed by atoms with Crippen molar-refractivity contribution < 1.29 is 23.8 Å². The van der Waals surface area contributed by atoms with E-state index < -0.39 is 5.97 Å². The number of alkyl halides is 1. The summed E-state index contributed by atoms with van der Waals surface area (Å²) in [6.45, 7) is 1.18. The third-order valence-corrected chi connectivity index (χ3v) is 3.76. The molecule has 2 N–H and O–H groups in total. The number of anilines is 1. The van der Waals surface area contributed by atoms with Crippen molar-refractivity contribution in [1.29, 1.82) is 0 Å². The Morgan fingerprint density at radius 2 is 2.17 bits per heavy atom. The molecule has 0 aliphatic heterocycles. The maximum absolute atomic E-state index is 11.9. The third-order valence-electron chi connectivity index (χ3n) is 2.96. The number of hydrogen-bond donors (Lipinski definition) is 2. The molecule has 0 aliphatic rings. The van der Waals surface area contributed by atoms with Gasteiger partial charge in [0.25, 0.3) is 0 Å². The van der Waals surface area contributed by atoms with Crippen LogP contribution >= 0.6 is 27.5 Å². The van der Waals surface area contributed by atoms with Gasteiger partial charge in [-0.15, -0.1) is 0 Å². The fourth-order valence-corrected chi connectivity index (χ4v) is 2.44. The van der Waals surface area contributed by atoms with Crippen LogP contribution in [0, 0.1) is 0 Å². The minimum absolute atomic E-state index is 0.0459. The molecule has 0 radical (unpaired) electrons. The molecule has 1 amide bonds. The number of nitrogens with one attached hydrogen (secondary N) is 1. The second kappa shape index (κ2) is 8.21. The number of carbonyl (C=O) groups is 2. The van der Waals surface area contributed by atoms with Gasteiger partial charge in [0.15, 0.2) is 5.76 Å². The van der Waals surface area contributed by atoms with Crippen molar-refractivity contribution in [2.24, 2.45) is 0 Å². The lowest BCUT2D eigenvalue weighted by Gasteiger charge is -2.04. The molecule has 2 rings (SSSR count). The number of esters is 1. The molecular formula is C16H15BrClNO5. The van der Waals surface area contributed by atoms with Gasteiger partial charge in [-0.05, 0) is 18.6 Å². The molecule has 0 aliphatic carbocycles. The minimum atomic E-state index is -0.653. The van der Waals surface area contributed by atoms with Crippen LogP contribution < -0.4 is 10.1 Å². The van der Waals surface area contributed by atoms with Crippen molar-refractivity contribution in [3.8, 4) is 22.8 Å². The van der Waals surface area contributed by atoms with Crippen molar-refractivity contribution in [3.05, 3.63) is 29.3 Å². The number of ether oxygens (including phenoxy) is 1. The Hall–Kier alpha value is -1.99. The summed E-state index contributed by atoms with van der Waals surface area (Å²) in [7, 11) is 0. The fourth-order valence-electron chi connectivity index (χ4n) is 1.97. The highest BCUT2D eigenvalue weighted by Crippen LogP contribution is 2.46. The fraction of sp³-hybridized carbons (Fsp3) is 0.250. The predicted molar refractivity (Wildman–Crippen MR) is 93.8 cm³/mol. The molecular weight excluding hydrogens is 402 g/mol. The second-order valence-electron chi connectivity index (χ2n) is 4.88. The molecule has 8 heteroatoms. The highest BCUT2D eigenvalue weighted by Gasteiger charge is 2.25. The topological polar surface area (TPSA) is 88.8 Å². The van der Waals surface area contributed by atoms with Crippen LogP contribution in [0.15, 0.2) is 28.7 Å². The van der Waals surface area contributed by atoms with E-state index in [1.54, 1.807) is 24.3 Å². The SMILES string of the molecule is CC(=O)Oc1c(NC(=O)CCCBr)oc(-c2cccc(Cl)c2)c1O. The quantitative estimate of drug-likeness (QED) is 0.540. The summed E-state index contributed by atoms with van der Waals surface area (Å²) in [5.74, 6) is -1.68. The van der Waals surface area contributed by atoms with E-state index in [0.29, 0.717) is 22.3 Å². The van der Waals surface area contributed by atoms with Gasteiger partial charge in [-0.3, -0.25) is 14.9 Å². The monoisotopic (exact) mass is 415 g/mol. The normalized spacial score (nSPS) is 10.5. The van der Waals surface area contributed by atoms with Gasteiger partial charge in [-0.25, -0.2) is 0 Å². The number of halogens is 2. The van der Waals surface area contributed by atoms with Gasteiger partial charge in [0.05, 0.1) is 0 Å². The summed E-state index contributed by atoms with van der Waals surface area (Å²) >= 11 is 9.17. The van der Waals surface area contributed by atoms with E-state index in [1.807, 2.05) is 0 Å². The van der Waals surface area contributed by atoms with Crippen LogP contribution in [-0.2, 0) is 9.59 Å². The van der Waals surface area contributed by atoms with E-state index in [1.165, 1.54) is 6.92 Å². The number of rotatable bonds is 6. The molecule has 1 heterocycles. The van der Waals surface area contributed by atoms with E-state index in [-0.39, 0.29) is 35.5 Å². The first-order chi connectivity index (χ1) is 11.4. The van der Waals surface area contributed by atoms with Crippen LogP contribution in [0.3, 0.4) is 0 Å². The van der Waals surface area contributed by atoms with E-state index in [2.05, 4.69) is 21.2 Å². The average molecular weight is 417 g/mol. The molecule has 128 valence electrons. The van der Waals surface area contributed by atoms with E-state index >= 15 is 0 Å². The Bertz CT molecular complexity index is 759. The summed E-state index contributed by atoms with van der Waals surface area (Å²) in [6, 6.07) is 6.59. The van der Waals surface area contributed by atoms with Gasteiger partial charge in [0.1, 0.15) is 0 Å². The summed E-state index contributed by atoms with van der Waals surface area (Å²) in [5, 5.41) is 13.9. The van der Waals surface area contributed by atoms with Crippen LogP contribution in [-0.4, -0.2) is 22.3 Å². The molecule has 1 aromatic carbocycles. The zero-order valence-corrected chi connectivity index (χ0v) is 15.1. The summed E-state index contributed by atoms with van der Waals surface area (Å²) in [5.41, 5.74) is 0.481. The first kappa shape index (κ1) is 18.4. The Morgan fingerprint density at radius 3 is 2.79 bits per heavy atom. The smallest absolute Gasteiger partial charge is 0.308 e. The highest BCUT2D eigenvalue weighted by molar-refractivity contribution is 9.09. The van der Waals surface area contributed by atoms with Crippen molar-refractivity contribution in [1.82, 2.24) is 0 Å². The zero-order chi connectivity index (χ0) is 17.7. The lowest BCUT2D eigenvalue weighted by atomic mass is 10.1. The minimum Gasteiger partial charge on any atom is -0.502 e. The van der Waals surface area contributed by atoms with E-state index in [4.69, 9.17) is 20.8 Å². The van der Waals surface area contributed by atoms with E-state index in [0.717, 1.165) is 0 Å². The van der Waals surface area contributed by atoms with Crippen LogP contribution in [0.25, 0.3) is 11.3 Å². The molecule has 2 aromatic rings. The summed E-state index contributed by atoms with van der Waals surface area (Å²) in [6.07, 6.45) is 0.876. The number of aromatic hydroxyl groups is 1. The summed E-state index contributed by atoms with van der Waals surface area (Å²) < 4.78 is 10.5. The lowest BCUT2D eigenvalue weighted by molar-refractivity contribution is -0.132. The Labute approximate surface area is 151 Å². The van der Waals surface area contributed by atoms with Crippen molar-refractivity contribution in [2.45, 2.75) is 19.8 Å². The Kier molecular flexibility index (Phi) is 6.28. The average Bonchev–Trinajstić information content (AvgIpc) is 2.81. The Morgan fingerprint density at radius 1 is 1.42 bits per heavy atom. The number of hydrogen-bond acceptors (Lipinski definition) is 5. The summed E-state index contributed by atoms with van der Waals surface area (Å²) in [4.78, 5) is 23.1. The van der Waals surface area contributed by atoms with Gasteiger partial charge < -0.3 is 14.3 Å². The predicted octanol–water partition coefficient (Wildman–Crippen LogP) is 4.34. The van der Waals surface area contributed by atoms with Gasteiger partial charge in [-0.2, -0.15) is 0 Å². The van der Waals surface area contributed by atoms with Gasteiger partial charge >= 0.3 is 5.97 Å². The molecule has 1 aromatic heterocycles. The zero-order valence-electron chi connectivity index (χ0n) is 12.8. The van der Waals surface area contributed by atoms with Crippen molar-refractivity contribution in [3.63, 3.8) is 0 Å². The van der Waals surface area contributed by atoms with Crippen molar-refractivity contribution >= 4 is 45.3 Å². The van der Waals surface area contributed by atoms with Gasteiger partial charge in [0.2, 0.25) is 23.3 Å². The van der Waals surface area contributed by atoms with Gasteiger partial charge in [-0.1, -0.05) is 39.7 Å². The molecule has 0 bridgehead atoms. The van der Waals surface area contributed by atoms with Gasteiger partial charge in [0, 0.05) is 29.3 Å². The van der Waals surface area contributed by atoms with Crippen LogP contribution in [0.2, 0.25) is 5.02 Å². The molecule has 0 spiro atoms. The van der Waals surface area contributed by atoms with Crippen LogP contribution in [0.1, 0.15) is 19.8 Å². The standard InChI is InChI=1S/C16H15BrClNO5/c1-9(20)23-15-13(22)14(10-4-2-5-11(18)8-10)24-16(15)19-12(21)6-3-7-17/h2,4-5,8,22H,3,6-7H2,1H3,(H,19,21). The number of furan rings is 1. The maximum Gasteiger partial charge on any atom is 0.308 e. The highest BCUT2D eigenvalue weighted by atomic mass is 79.9. The number of benzene rings is 1. The number of carbonyl (C=O) groups excluding carboxylic acids is 2. The molecule has 0 atom stereocenters. The van der Waals surface area contributed by atoms with Crippen LogP contribution in [0.5, 0.6) is 11.5 Å². The van der Waals surface area contributed by atoms with Crippen molar-refractivity contribution in [2.75, 3.05) is 10.6 Å². The molecule has 6 nitrogen and oxygen atoms in total. The first-order valence-electron chi connectivity index (χ1n) is 7.08.